The molecule has 11 aromatic carbocycles. The normalized spacial score (nSPS) is 13.6. The number of anilines is 6. The number of rotatable bonds is 11. The van der Waals surface area contributed by atoms with Crippen LogP contribution in [0.5, 0.6) is 0 Å². The molecule has 0 aliphatic rings. The van der Waals surface area contributed by atoms with Crippen molar-refractivity contribution in [2.45, 2.75) is 52.4 Å². The molecule has 3 nitrogen and oxygen atoms in total. The zero-order chi connectivity index (χ0) is 63.1. The van der Waals surface area contributed by atoms with Gasteiger partial charge in [0.1, 0.15) is 11.2 Å². The minimum atomic E-state index is -0.576. The third kappa shape index (κ3) is 10.2. The summed E-state index contributed by atoms with van der Waals surface area (Å²) >= 11 is 14.2. The topological polar surface area (TPSA) is 19.6 Å². The predicted octanol–water partition coefficient (Wildman–Crippen LogP) is 22.8. The van der Waals surface area contributed by atoms with E-state index in [2.05, 4.69) is 65.8 Å². The Balaban J connectivity index is 1.37. The molecule has 0 aliphatic carbocycles. The SMILES string of the molecule is [2H]c1c([2H])c(Cl)c([2H])c(N(c2cc(N(c3c(-c4ccccc4)cc(C(C)(C)C)cc3-c3ccccc3)c3c([2H])c([2H])c([2H])c(Cl)c3[2H])c([2H])c(-c3ccc4oc5ccccc5c4c3)c2[2H])c2c(-c3ccccc3)cc(C(C)(C)C)cc2-c2ccccc2)c1[2H]. The molecule has 1 aromatic heterocycles. The Labute approximate surface area is 488 Å². The molecule has 0 saturated heterocycles. The van der Waals surface area contributed by atoms with Gasteiger partial charge in [0.25, 0.3) is 0 Å². The van der Waals surface area contributed by atoms with Crippen LogP contribution in [0, 0.1) is 0 Å². The Morgan fingerprint density at radius 3 is 1.14 bits per heavy atom. The van der Waals surface area contributed by atoms with Crippen LogP contribution in [0.15, 0.2) is 259 Å². The molecule has 386 valence electrons. The highest BCUT2D eigenvalue weighted by Gasteiger charge is 2.30. The number of benzene rings is 11. The maximum Gasteiger partial charge on any atom is 0.135 e. The van der Waals surface area contributed by atoms with E-state index in [1.807, 2.05) is 152 Å². The number of fused-ring (bicyclic) bond motifs is 3. The summed E-state index contributed by atoms with van der Waals surface area (Å²) in [7, 11) is 0. The number of hydrogen-bond donors (Lipinski definition) is 0. The summed E-state index contributed by atoms with van der Waals surface area (Å²) in [6, 6.07) is 56.5. The van der Waals surface area contributed by atoms with Gasteiger partial charge in [-0.05, 0) is 152 Å². The monoisotopic (exact) mass is 1070 g/mol. The van der Waals surface area contributed by atoms with Crippen molar-refractivity contribution in [1.29, 1.82) is 0 Å². The van der Waals surface area contributed by atoms with E-state index in [0.29, 0.717) is 55.7 Å². The Bertz CT molecular complexity index is 4360. The van der Waals surface area contributed by atoms with Crippen molar-refractivity contribution in [3.63, 3.8) is 0 Å². The number of nitrogens with zero attached hydrogens (tertiary/aromatic N) is 2. The second-order valence-electron chi connectivity index (χ2n) is 21.6. The largest absolute Gasteiger partial charge is 0.456 e. The van der Waals surface area contributed by atoms with Crippen molar-refractivity contribution in [2.75, 3.05) is 9.80 Å². The third-order valence-electron chi connectivity index (χ3n) is 14.3. The highest BCUT2D eigenvalue weighted by molar-refractivity contribution is 6.31. The van der Waals surface area contributed by atoms with Crippen molar-refractivity contribution >= 4 is 79.3 Å². The van der Waals surface area contributed by atoms with Crippen molar-refractivity contribution in [3.8, 4) is 55.6 Å². The number of hydrogen-bond acceptors (Lipinski definition) is 3. The molecule has 79 heavy (non-hydrogen) atoms. The Morgan fingerprint density at radius 1 is 0.354 bits per heavy atom. The fraction of sp³-hybridized carbons (Fsp3) is 0.108. The van der Waals surface area contributed by atoms with Crippen LogP contribution in [0.1, 0.15) is 66.4 Å². The molecule has 0 radical (unpaired) electrons. The van der Waals surface area contributed by atoms with Crippen LogP contribution >= 0.6 is 23.2 Å². The zero-order valence-corrected chi connectivity index (χ0v) is 46.0. The molecule has 0 aliphatic heterocycles. The summed E-state index contributed by atoms with van der Waals surface area (Å²) in [5.74, 6) is 0. The standard InChI is InChI=1S/C74H60Cl2N2O/c1-73(2,3)55-42-64(49-23-11-7-12-24-49)71(65(43-55)50-25-13-8-14-26-50)77(59-33-21-31-57(75)46-59)61-39-54(53-37-38-70-68(41-53)63-35-19-20-36-69(63)79-70)40-62(48-61)78(60-34-22-32-58(76)47-60)72-66(51-27-15-9-16-28-51)44-56(74(4,5)6)45-67(72)52-29-17-10-18-30-52/h7-48H,1-6H3/i21D,22D,31D,32D,33D,34D,39D,40D,46D,47D. The summed E-state index contributed by atoms with van der Waals surface area (Å²) in [5, 5.41) is 0.636. The van der Waals surface area contributed by atoms with Crippen LogP contribution in [0.2, 0.25) is 10.0 Å². The molecule has 12 rings (SSSR count). The first kappa shape index (κ1) is 40.6. The van der Waals surface area contributed by atoms with E-state index in [1.165, 1.54) is 0 Å². The van der Waals surface area contributed by atoms with Crippen LogP contribution < -0.4 is 9.80 Å². The maximum absolute atomic E-state index is 11.1. The number of furan rings is 1. The van der Waals surface area contributed by atoms with Gasteiger partial charge in [0.15, 0.2) is 0 Å². The molecule has 0 amide bonds. The summed E-state index contributed by atoms with van der Waals surface area (Å²) < 4.78 is 106. The van der Waals surface area contributed by atoms with E-state index >= 15 is 0 Å². The van der Waals surface area contributed by atoms with Gasteiger partial charge in [0.2, 0.25) is 0 Å². The van der Waals surface area contributed by atoms with Crippen molar-refractivity contribution in [3.05, 3.63) is 276 Å². The molecule has 0 atom stereocenters. The van der Waals surface area contributed by atoms with E-state index in [-0.39, 0.29) is 40.4 Å². The highest BCUT2D eigenvalue weighted by atomic mass is 35.5. The van der Waals surface area contributed by atoms with Gasteiger partial charge in [-0.3, -0.25) is 0 Å². The van der Waals surface area contributed by atoms with Gasteiger partial charge in [-0.1, -0.05) is 222 Å². The second-order valence-corrected chi connectivity index (χ2v) is 22.4. The van der Waals surface area contributed by atoms with E-state index in [0.717, 1.165) is 38.8 Å². The first-order chi connectivity index (χ1) is 42.5. The highest BCUT2D eigenvalue weighted by Crippen LogP contribution is 2.54. The van der Waals surface area contributed by atoms with Crippen LogP contribution in [0.4, 0.5) is 34.1 Å². The lowest BCUT2D eigenvalue weighted by Crippen LogP contribution is -2.18. The van der Waals surface area contributed by atoms with E-state index < -0.39 is 69.2 Å². The fourth-order valence-corrected chi connectivity index (χ4v) is 10.5. The van der Waals surface area contributed by atoms with Gasteiger partial charge < -0.3 is 14.2 Å². The lowest BCUT2D eigenvalue weighted by atomic mass is 9.81. The molecular weight excluding hydrogens is 1000 g/mol. The van der Waals surface area contributed by atoms with Crippen molar-refractivity contribution in [2.24, 2.45) is 0 Å². The van der Waals surface area contributed by atoms with E-state index in [4.69, 9.17) is 30.4 Å². The van der Waals surface area contributed by atoms with Crippen LogP contribution in [0.25, 0.3) is 77.6 Å². The van der Waals surface area contributed by atoms with Gasteiger partial charge in [0.05, 0.1) is 25.1 Å². The lowest BCUT2D eigenvalue weighted by Gasteiger charge is -2.35. The Kier molecular flexibility index (Phi) is 10.8. The molecule has 1 heterocycles. The average molecular weight is 1070 g/mol. The minimum Gasteiger partial charge on any atom is -0.456 e. The fourth-order valence-electron chi connectivity index (χ4n) is 10.3. The van der Waals surface area contributed by atoms with Gasteiger partial charge in [-0.2, -0.15) is 0 Å². The molecule has 0 spiro atoms. The Hall–Kier alpha value is -8.60. The third-order valence-corrected chi connectivity index (χ3v) is 14.7. The molecule has 0 N–H and O–H groups in total. The Morgan fingerprint density at radius 2 is 0.734 bits per heavy atom. The molecular formula is C74H60Cl2N2O. The molecule has 0 unspecified atom stereocenters. The van der Waals surface area contributed by atoms with Crippen LogP contribution in [-0.4, -0.2) is 0 Å². The lowest BCUT2D eigenvalue weighted by molar-refractivity contribution is 0.590. The first-order valence-electron chi connectivity index (χ1n) is 31.2. The van der Waals surface area contributed by atoms with Crippen LogP contribution in [-0.2, 0) is 10.8 Å². The van der Waals surface area contributed by atoms with Crippen LogP contribution in [0.3, 0.4) is 0 Å². The average Bonchev–Trinajstić information content (AvgIpc) is 1.04. The molecule has 0 saturated carbocycles. The van der Waals surface area contributed by atoms with Gasteiger partial charge in [-0.15, -0.1) is 0 Å². The van der Waals surface area contributed by atoms with Crippen molar-refractivity contribution < 1.29 is 18.1 Å². The van der Waals surface area contributed by atoms with Gasteiger partial charge in [0, 0.05) is 65.8 Å². The molecule has 0 fully saturated rings. The second kappa shape index (κ2) is 21.0. The van der Waals surface area contributed by atoms with E-state index in [1.54, 1.807) is 28.0 Å². The predicted molar refractivity (Wildman–Crippen MR) is 338 cm³/mol. The minimum absolute atomic E-state index is 0.0297. The summed E-state index contributed by atoms with van der Waals surface area (Å²) in [5.41, 5.74) is 7.90. The first-order valence-corrected chi connectivity index (χ1v) is 27.0. The molecule has 0 bridgehead atoms. The number of para-hydroxylation sites is 1. The smallest absolute Gasteiger partial charge is 0.135 e. The van der Waals surface area contributed by atoms with Crippen molar-refractivity contribution in [1.82, 2.24) is 0 Å². The quantitative estimate of drug-likeness (QED) is 0.129. The molecule has 12 aromatic rings. The van der Waals surface area contributed by atoms with Gasteiger partial charge in [-0.25, -0.2) is 0 Å². The maximum atomic E-state index is 11.1. The summed E-state index contributed by atoms with van der Waals surface area (Å²) in [6.07, 6.45) is 0. The van der Waals surface area contributed by atoms with Gasteiger partial charge >= 0.3 is 0 Å². The molecule has 5 heteroatoms. The van der Waals surface area contributed by atoms with E-state index in [9.17, 15) is 11.0 Å². The zero-order valence-electron chi connectivity index (χ0n) is 54.5. The number of halogens is 2. The summed E-state index contributed by atoms with van der Waals surface area (Å²) in [6.45, 7) is 12.7. The summed E-state index contributed by atoms with van der Waals surface area (Å²) in [4.78, 5) is 3.20.